The van der Waals surface area contributed by atoms with Gasteiger partial charge in [-0.3, -0.25) is 0 Å². The third-order valence-electron chi connectivity index (χ3n) is 2.17. The number of hydrogen-bond acceptors (Lipinski definition) is 6. The van der Waals surface area contributed by atoms with Crippen LogP contribution in [0.2, 0.25) is 0 Å². The number of anilines is 1. The number of aromatic amines is 1. The van der Waals surface area contributed by atoms with E-state index in [1.807, 2.05) is 0 Å². The van der Waals surface area contributed by atoms with Crippen molar-refractivity contribution < 1.29 is 8.42 Å². The second-order valence-corrected chi connectivity index (χ2v) is 5.23. The van der Waals surface area contributed by atoms with Gasteiger partial charge in [0.15, 0.2) is 0 Å². The predicted molar refractivity (Wildman–Crippen MR) is 63.9 cm³/mol. The molecule has 0 unspecified atom stereocenters. The summed E-state index contributed by atoms with van der Waals surface area (Å²) in [5, 5.41) is 0. The van der Waals surface area contributed by atoms with E-state index in [1.54, 1.807) is 12.4 Å². The first-order chi connectivity index (χ1) is 8.58. The van der Waals surface area contributed by atoms with Gasteiger partial charge < -0.3 is 10.7 Å². The van der Waals surface area contributed by atoms with Crippen LogP contribution in [0.25, 0.3) is 0 Å². The topological polar surface area (TPSA) is 127 Å². The van der Waals surface area contributed by atoms with Crippen LogP contribution in [0.5, 0.6) is 0 Å². The number of rotatable bonds is 5. The van der Waals surface area contributed by atoms with Crippen LogP contribution in [0.15, 0.2) is 29.7 Å². The van der Waals surface area contributed by atoms with Crippen LogP contribution in [-0.4, -0.2) is 34.9 Å². The van der Waals surface area contributed by atoms with Crippen LogP contribution in [0.4, 0.5) is 5.95 Å². The first-order valence-corrected chi connectivity index (χ1v) is 6.62. The van der Waals surface area contributed by atoms with Crippen LogP contribution in [0.3, 0.4) is 0 Å². The first kappa shape index (κ1) is 12.5. The third kappa shape index (κ3) is 3.02. The lowest BCUT2D eigenvalue weighted by Crippen LogP contribution is -2.26. The maximum atomic E-state index is 11.8. The van der Waals surface area contributed by atoms with Crippen LogP contribution >= 0.6 is 0 Å². The van der Waals surface area contributed by atoms with Gasteiger partial charge in [0.25, 0.3) is 0 Å². The fraction of sp³-hybridized carbons (Fsp3) is 0.222. The maximum Gasteiger partial charge on any atom is 0.243 e. The summed E-state index contributed by atoms with van der Waals surface area (Å²) in [5.74, 6) is 0.746. The molecule has 0 radical (unpaired) electrons. The molecule has 0 fully saturated rings. The molecule has 0 atom stereocenters. The highest BCUT2D eigenvalue weighted by Crippen LogP contribution is 2.05. The minimum absolute atomic E-state index is 0.0175. The Balaban J connectivity index is 1.97. The zero-order valence-electron chi connectivity index (χ0n) is 9.37. The molecule has 18 heavy (non-hydrogen) atoms. The van der Waals surface area contributed by atoms with E-state index in [4.69, 9.17) is 5.73 Å². The smallest absolute Gasteiger partial charge is 0.243 e. The molecule has 0 spiro atoms. The number of nitrogens with one attached hydrogen (secondary N) is 2. The summed E-state index contributed by atoms with van der Waals surface area (Å²) in [5.41, 5.74) is 5.28. The molecule has 2 rings (SSSR count). The predicted octanol–water partition coefficient (Wildman–Crippen LogP) is -0.697. The number of hydrogen-bond donors (Lipinski definition) is 3. The third-order valence-corrected chi connectivity index (χ3v) is 3.58. The van der Waals surface area contributed by atoms with Crippen molar-refractivity contribution in [1.29, 1.82) is 0 Å². The van der Waals surface area contributed by atoms with E-state index in [9.17, 15) is 8.42 Å². The number of nitrogens with two attached hydrogens (primary N) is 1. The Morgan fingerprint density at radius 3 is 2.61 bits per heavy atom. The molecule has 2 heterocycles. The van der Waals surface area contributed by atoms with Gasteiger partial charge in [-0.15, -0.1) is 0 Å². The lowest BCUT2D eigenvalue weighted by atomic mass is 10.4. The molecule has 0 bridgehead atoms. The molecule has 4 N–H and O–H groups in total. The van der Waals surface area contributed by atoms with Crippen molar-refractivity contribution in [2.24, 2.45) is 0 Å². The SMILES string of the molecule is Nc1ncc(S(=O)(=O)NCCc2ncc[nH]2)cn1. The Kier molecular flexibility index (Phi) is 3.53. The summed E-state index contributed by atoms with van der Waals surface area (Å²) < 4.78 is 26.0. The lowest BCUT2D eigenvalue weighted by Gasteiger charge is -2.05. The van der Waals surface area contributed by atoms with Gasteiger partial charge in [-0.2, -0.15) is 0 Å². The summed E-state index contributed by atoms with van der Waals surface area (Å²) in [6, 6.07) is 0. The van der Waals surface area contributed by atoms with Crippen LogP contribution in [-0.2, 0) is 16.4 Å². The summed E-state index contributed by atoms with van der Waals surface area (Å²) in [7, 11) is -3.60. The Morgan fingerprint density at radius 1 is 1.28 bits per heavy atom. The molecule has 2 aromatic rings. The highest BCUT2D eigenvalue weighted by molar-refractivity contribution is 7.89. The molecule has 8 nitrogen and oxygen atoms in total. The van der Waals surface area contributed by atoms with E-state index >= 15 is 0 Å². The van der Waals surface area contributed by atoms with Crippen molar-refractivity contribution in [3.63, 3.8) is 0 Å². The van der Waals surface area contributed by atoms with E-state index in [0.717, 1.165) is 12.4 Å². The average Bonchev–Trinajstić information content (AvgIpc) is 2.82. The van der Waals surface area contributed by atoms with E-state index in [-0.39, 0.29) is 17.4 Å². The quantitative estimate of drug-likeness (QED) is 0.658. The Bertz CT molecular complexity index is 592. The van der Waals surface area contributed by atoms with E-state index in [0.29, 0.717) is 12.2 Å². The molecule has 0 aromatic carbocycles. The van der Waals surface area contributed by atoms with Crippen molar-refractivity contribution in [2.45, 2.75) is 11.3 Å². The van der Waals surface area contributed by atoms with Gasteiger partial charge in [0.05, 0.1) is 12.4 Å². The highest BCUT2D eigenvalue weighted by atomic mass is 32.2. The fourth-order valence-electron chi connectivity index (χ4n) is 1.29. The minimum Gasteiger partial charge on any atom is -0.368 e. The van der Waals surface area contributed by atoms with Gasteiger partial charge in [0, 0.05) is 25.4 Å². The molecule has 0 aliphatic rings. The van der Waals surface area contributed by atoms with Gasteiger partial charge in [-0.1, -0.05) is 0 Å². The molecule has 0 aliphatic heterocycles. The van der Waals surface area contributed by atoms with Crippen molar-refractivity contribution in [3.05, 3.63) is 30.6 Å². The molecule has 0 aliphatic carbocycles. The lowest BCUT2D eigenvalue weighted by molar-refractivity contribution is 0.580. The van der Waals surface area contributed by atoms with Crippen molar-refractivity contribution in [1.82, 2.24) is 24.7 Å². The normalized spacial score (nSPS) is 11.6. The van der Waals surface area contributed by atoms with Crippen LogP contribution in [0, 0.1) is 0 Å². The van der Waals surface area contributed by atoms with Gasteiger partial charge in [-0.25, -0.2) is 28.1 Å². The second-order valence-electron chi connectivity index (χ2n) is 3.46. The van der Waals surface area contributed by atoms with Gasteiger partial charge in [0.2, 0.25) is 16.0 Å². The molecule has 0 saturated carbocycles. The van der Waals surface area contributed by atoms with Crippen molar-refractivity contribution in [3.8, 4) is 0 Å². The number of H-pyrrole nitrogens is 1. The molecular formula is C9H12N6O2S. The first-order valence-electron chi connectivity index (χ1n) is 5.13. The van der Waals surface area contributed by atoms with E-state index in [1.165, 1.54) is 0 Å². The number of aromatic nitrogens is 4. The number of nitrogens with zero attached hydrogens (tertiary/aromatic N) is 3. The molecular weight excluding hydrogens is 256 g/mol. The van der Waals surface area contributed by atoms with Gasteiger partial charge in [0.1, 0.15) is 10.7 Å². The van der Waals surface area contributed by atoms with Crippen molar-refractivity contribution in [2.75, 3.05) is 12.3 Å². The Labute approximate surface area is 104 Å². The van der Waals surface area contributed by atoms with E-state index < -0.39 is 10.0 Å². The maximum absolute atomic E-state index is 11.8. The number of nitrogen functional groups attached to an aromatic ring is 1. The summed E-state index contributed by atoms with van der Waals surface area (Å²) in [6.07, 6.45) is 6.09. The largest absolute Gasteiger partial charge is 0.368 e. The summed E-state index contributed by atoms with van der Waals surface area (Å²) in [6.45, 7) is 0.236. The zero-order chi connectivity index (χ0) is 13.0. The molecule has 9 heteroatoms. The Hall–Kier alpha value is -2.00. The van der Waals surface area contributed by atoms with E-state index in [2.05, 4.69) is 24.7 Å². The van der Waals surface area contributed by atoms with Crippen molar-refractivity contribution >= 4 is 16.0 Å². The van der Waals surface area contributed by atoms with Crippen LogP contribution < -0.4 is 10.5 Å². The van der Waals surface area contributed by atoms with Gasteiger partial charge in [-0.05, 0) is 0 Å². The minimum atomic E-state index is -3.60. The highest BCUT2D eigenvalue weighted by Gasteiger charge is 2.14. The molecule has 0 saturated heterocycles. The standard InChI is InChI=1S/C9H12N6O2S/c10-9-13-5-7(6-14-9)18(16,17)15-2-1-8-11-3-4-12-8/h3-6,15H,1-2H2,(H,11,12)(H2,10,13,14). The second kappa shape index (κ2) is 5.10. The summed E-state index contributed by atoms with van der Waals surface area (Å²) in [4.78, 5) is 14.1. The molecule has 0 amide bonds. The Morgan fingerprint density at radius 2 is 2.00 bits per heavy atom. The number of sulfonamides is 1. The molecule has 2 aromatic heterocycles. The molecule has 96 valence electrons. The van der Waals surface area contributed by atoms with Crippen LogP contribution in [0.1, 0.15) is 5.82 Å². The summed E-state index contributed by atoms with van der Waals surface area (Å²) >= 11 is 0. The monoisotopic (exact) mass is 268 g/mol. The zero-order valence-corrected chi connectivity index (χ0v) is 10.2. The van der Waals surface area contributed by atoms with Gasteiger partial charge >= 0.3 is 0 Å². The fourth-order valence-corrected chi connectivity index (χ4v) is 2.21. The average molecular weight is 268 g/mol. The number of imidazole rings is 1.